The molecule has 0 aliphatic heterocycles. The number of aryl methyl sites for hydroxylation is 1. The third-order valence-corrected chi connectivity index (χ3v) is 3.97. The van der Waals surface area contributed by atoms with Crippen LogP contribution in [-0.2, 0) is 16.0 Å². The highest BCUT2D eigenvalue weighted by Gasteiger charge is 2.05. The van der Waals surface area contributed by atoms with E-state index in [1.54, 1.807) is 6.33 Å². The van der Waals surface area contributed by atoms with Crippen LogP contribution in [0.4, 0.5) is 0 Å². The fraction of sp³-hybridized carbons (Fsp3) is 0.364. The molecular formula is C22H28N2O6. The highest BCUT2D eigenvalue weighted by molar-refractivity contribution is 5.96. The maximum atomic E-state index is 12.0. The number of carbonyl (C=O) groups is 3. The van der Waals surface area contributed by atoms with Crippen molar-refractivity contribution in [3.63, 3.8) is 0 Å². The molecule has 0 fully saturated rings. The predicted octanol–water partition coefficient (Wildman–Crippen LogP) is 3.90. The number of hydrogen-bond donors (Lipinski definition) is 3. The summed E-state index contributed by atoms with van der Waals surface area (Å²) in [5.41, 5.74) is 1.90. The Hall–Kier alpha value is -3.42. The third-order valence-electron chi connectivity index (χ3n) is 3.97. The molecule has 1 heterocycles. The molecule has 0 saturated heterocycles. The van der Waals surface area contributed by atoms with Crippen LogP contribution >= 0.6 is 0 Å². The molecule has 162 valence electrons. The van der Waals surface area contributed by atoms with Gasteiger partial charge < -0.3 is 19.9 Å². The van der Waals surface area contributed by atoms with Crippen LogP contribution in [0.3, 0.4) is 0 Å². The number of aromatic amines is 1. The Bertz CT molecular complexity index is 782. The van der Waals surface area contributed by atoms with E-state index in [-0.39, 0.29) is 5.78 Å². The molecule has 0 unspecified atom stereocenters. The van der Waals surface area contributed by atoms with Gasteiger partial charge in [0.1, 0.15) is 5.75 Å². The Morgan fingerprint density at radius 2 is 1.70 bits per heavy atom. The summed E-state index contributed by atoms with van der Waals surface area (Å²) in [6.07, 6.45) is 10.4. The van der Waals surface area contributed by atoms with E-state index in [2.05, 4.69) is 16.9 Å². The average molecular weight is 416 g/mol. The van der Waals surface area contributed by atoms with E-state index in [0.29, 0.717) is 25.2 Å². The van der Waals surface area contributed by atoms with Crippen LogP contribution in [0.15, 0.2) is 48.9 Å². The number of imidazole rings is 1. The first-order chi connectivity index (χ1) is 14.4. The number of ether oxygens (including phenoxy) is 1. The normalized spacial score (nSPS) is 10.3. The standard InChI is InChI=1S/C18H24N2O2.C4H4O4/c1-2-3-4-7-18(21)15-8-10-17(11-9-15)22-12-5-6-16-13-19-14-20-16;5-3(6)1-2-4(7)8/h8-11,13-14H,2-7,12H2,1H3,(H,19,20);1-2H,(H,5,6)(H,7,8)/b;2-1-. The number of aromatic nitrogens is 2. The molecule has 8 nitrogen and oxygen atoms in total. The minimum Gasteiger partial charge on any atom is -0.494 e. The Balaban J connectivity index is 0.000000479. The number of H-pyrrole nitrogens is 1. The number of rotatable bonds is 12. The zero-order chi connectivity index (χ0) is 22.2. The van der Waals surface area contributed by atoms with E-state index in [1.165, 1.54) is 0 Å². The number of ketones is 1. The van der Waals surface area contributed by atoms with E-state index in [4.69, 9.17) is 14.9 Å². The molecule has 2 aromatic rings. The number of aliphatic carboxylic acids is 2. The van der Waals surface area contributed by atoms with Crippen LogP contribution in [-0.4, -0.2) is 44.5 Å². The van der Waals surface area contributed by atoms with Gasteiger partial charge in [0.25, 0.3) is 0 Å². The van der Waals surface area contributed by atoms with Gasteiger partial charge in [-0.2, -0.15) is 0 Å². The highest BCUT2D eigenvalue weighted by atomic mass is 16.5. The predicted molar refractivity (Wildman–Crippen MR) is 112 cm³/mol. The summed E-state index contributed by atoms with van der Waals surface area (Å²) in [5.74, 6) is -1.48. The summed E-state index contributed by atoms with van der Waals surface area (Å²) in [5, 5.41) is 15.6. The lowest BCUT2D eigenvalue weighted by atomic mass is 10.0. The van der Waals surface area contributed by atoms with Crippen molar-refractivity contribution >= 4 is 17.7 Å². The van der Waals surface area contributed by atoms with Gasteiger partial charge in [-0.3, -0.25) is 4.79 Å². The van der Waals surface area contributed by atoms with Gasteiger partial charge in [0, 0.05) is 36.0 Å². The lowest BCUT2D eigenvalue weighted by Gasteiger charge is -2.06. The number of carboxylic acids is 2. The molecule has 0 saturated carbocycles. The van der Waals surface area contributed by atoms with Gasteiger partial charge in [-0.25, -0.2) is 14.6 Å². The molecule has 2 rings (SSSR count). The molecule has 0 bridgehead atoms. The number of nitrogens with zero attached hydrogens (tertiary/aromatic N) is 1. The van der Waals surface area contributed by atoms with Crippen molar-refractivity contribution in [3.8, 4) is 5.75 Å². The molecule has 0 spiro atoms. The van der Waals surface area contributed by atoms with E-state index in [1.807, 2.05) is 30.5 Å². The monoisotopic (exact) mass is 416 g/mol. The largest absolute Gasteiger partial charge is 0.494 e. The first-order valence-electron chi connectivity index (χ1n) is 9.79. The SMILES string of the molecule is CCCCCC(=O)c1ccc(OCCCc2cnc[nH]2)cc1.O=C(O)/C=C\C(=O)O. The second kappa shape index (κ2) is 14.6. The number of hydrogen-bond acceptors (Lipinski definition) is 5. The van der Waals surface area contributed by atoms with Crippen molar-refractivity contribution in [2.24, 2.45) is 0 Å². The van der Waals surface area contributed by atoms with Gasteiger partial charge in [-0.1, -0.05) is 19.8 Å². The molecular weight excluding hydrogens is 388 g/mol. The molecule has 30 heavy (non-hydrogen) atoms. The first kappa shape index (κ1) is 24.6. The quantitative estimate of drug-likeness (QED) is 0.272. The summed E-state index contributed by atoms with van der Waals surface area (Å²) in [7, 11) is 0. The molecule has 0 amide bonds. The van der Waals surface area contributed by atoms with Crippen LogP contribution in [0.5, 0.6) is 5.75 Å². The van der Waals surface area contributed by atoms with E-state index in [0.717, 1.165) is 49.1 Å². The minimum atomic E-state index is -1.26. The summed E-state index contributed by atoms with van der Waals surface area (Å²) < 4.78 is 5.69. The van der Waals surface area contributed by atoms with Crippen LogP contribution in [0.2, 0.25) is 0 Å². The zero-order valence-corrected chi connectivity index (χ0v) is 17.0. The van der Waals surface area contributed by atoms with Gasteiger partial charge in [0.15, 0.2) is 5.78 Å². The molecule has 1 aromatic carbocycles. The van der Waals surface area contributed by atoms with Crippen molar-refractivity contribution in [1.29, 1.82) is 0 Å². The third kappa shape index (κ3) is 11.4. The number of nitrogens with one attached hydrogen (secondary N) is 1. The van der Waals surface area contributed by atoms with E-state index >= 15 is 0 Å². The van der Waals surface area contributed by atoms with Gasteiger partial charge in [0.05, 0.1) is 12.9 Å². The number of Topliss-reactive ketones (excluding diaryl/α,β-unsaturated/α-hetero) is 1. The molecule has 0 aliphatic carbocycles. The molecule has 8 heteroatoms. The van der Waals surface area contributed by atoms with Crippen LogP contribution in [0, 0.1) is 0 Å². The van der Waals surface area contributed by atoms with Crippen LogP contribution in [0.1, 0.15) is 55.1 Å². The van der Waals surface area contributed by atoms with Crippen molar-refractivity contribution in [1.82, 2.24) is 9.97 Å². The van der Waals surface area contributed by atoms with Crippen molar-refractivity contribution in [2.75, 3.05) is 6.61 Å². The Labute approximate surface area is 175 Å². The second-order valence-corrected chi connectivity index (χ2v) is 6.44. The molecule has 3 N–H and O–H groups in total. The summed E-state index contributed by atoms with van der Waals surface area (Å²) in [6.45, 7) is 2.80. The lowest BCUT2D eigenvalue weighted by Crippen LogP contribution is -2.01. The van der Waals surface area contributed by atoms with Gasteiger partial charge in [-0.05, 0) is 43.5 Å². The Kier molecular flexibility index (Phi) is 11.9. The summed E-state index contributed by atoms with van der Waals surface area (Å²) >= 11 is 0. The number of unbranched alkanes of at least 4 members (excludes halogenated alkanes) is 2. The smallest absolute Gasteiger partial charge is 0.328 e. The fourth-order valence-corrected chi connectivity index (χ4v) is 2.43. The zero-order valence-electron chi connectivity index (χ0n) is 17.0. The van der Waals surface area contributed by atoms with Crippen LogP contribution in [0.25, 0.3) is 0 Å². The molecule has 0 aliphatic rings. The van der Waals surface area contributed by atoms with Gasteiger partial charge >= 0.3 is 11.9 Å². The Morgan fingerprint density at radius 1 is 1.03 bits per heavy atom. The summed E-state index contributed by atoms with van der Waals surface area (Å²) in [4.78, 5) is 38.1. The van der Waals surface area contributed by atoms with E-state index in [9.17, 15) is 14.4 Å². The molecule has 1 aromatic heterocycles. The summed E-state index contributed by atoms with van der Waals surface area (Å²) in [6, 6.07) is 7.48. The van der Waals surface area contributed by atoms with Crippen molar-refractivity contribution < 1.29 is 29.3 Å². The average Bonchev–Trinajstić information content (AvgIpc) is 3.24. The van der Waals surface area contributed by atoms with Gasteiger partial charge in [-0.15, -0.1) is 0 Å². The highest BCUT2D eigenvalue weighted by Crippen LogP contribution is 2.15. The molecule has 0 atom stereocenters. The van der Waals surface area contributed by atoms with Crippen molar-refractivity contribution in [2.45, 2.75) is 45.4 Å². The first-order valence-corrected chi connectivity index (χ1v) is 9.79. The molecule has 0 radical (unpaired) electrons. The minimum absolute atomic E-state index is 0.222. The van der Waals surface area contributed by atoms with Gasteiger partial charge in [0.2, 0.25) is 0 Å². The van der Waals surface area contributed by atoms with Crippen molar-refractivity contribution in [3.05, 3.63) is 60.2 Å². The maximum absolute atomic E-state index is 12.0. The number of benzene rings is 1. The lowest BCUT2D eigenvalue weighted by molar-refractivity contribution is -0.134. The second-order valence-electron chi connectivity index (χ2n) is 6.44. The maximum Gasteiger partial charge on any atom is 0.328 e. The topological polar surface area (TPSA) is 130 Å². The number of carbonyl (C=O) groups excluding carboxylic acids is 1. The van der Waals surface area contributed by atoms with E-state index < -0.39 is 11.9 Å². The fourth-order valence-electron chi connectivity index (χ4n) is 2.43. The number of carboxylic acid groups (broad SMARTS) is 2. The van der Waals surface area contributed by atoms with Crippen LogP contribution < -0.4 is 4.74 Å². The Morgan fingerprint density at radius 3 is 2.23 bits per heavy atom.